The van der Waals surface area contributed by atoms with Gasteiger partial charge >= 0.3 is 0 Å². The van der Waals surface area contributed by atoms with Gasteiger partial charge in [-0.25, -0.2) is 0 Å². The molecule has 0 spiro atoms. The molecule has 0 saturated carbocycles. The predicted molar refractivity (Wildman–Crippen MR) is 56.1 cm³/mol. The summed E-state index contributed by atoms with van der Waals surface area (Å²) in [5.41, 5.74) is 0.878. The first-order valence-corrected chi connectivity index (χ1v) is 3.27. The largest absolute Gasteiger partial charge is 0.504 e. The Morgan fingerprint density at radius 1 is 1.50 bits per heavy atom. The fourth-order valence-corrected chi connectivity index (χ4v) is 0.834. The van der Waals surface area contributed by atoms with E-state index in [0.717, 1.165) is 5.56 Å². The van der Waals surface area contributed by atoms with Gasteiger partial charge in [0.1, 0.15) is 0 Å². The van der Waals surface area contributed by atoms with Crippen molar-refractivity contribution in [2.24, 2.45) is 0 Å². The molecule has 66 valence electrons. The second-order valence-corrected chi connectivity index (χ2v) is 2.14. The number of aromatic hydroxyl groups is 1. The SMILES string of the molecule is C=Cc1ccc(OC)c(O)c1.[SiH4]. The number of hydrogen-bond acceptors (Lipinski definition) is 2. The Balaban J connectivity index is 0.00000121. The van der Waals surface area contributed by atoms with Crippen molar-refractivity contribution < 1.29 is 9.84 Å². The van der Waals surface area contributed by atoms with E-state index in [4.69, 9.17) is 4.74 Å². The van der Waals surface area contributed by atoms with Crippen molar-refractivity contribution in [3.8, 4) is 11.5 Å². The lowest BCUT2D eigenvalue weighted by Gasteiger charge is -2.02. The summed E-state index contributed by atoms with van der Waals surface area (Å²) in [4.78, 5) is 0. The smallest absolute Gasteiger partial charge is 0.160 e. The van der Waals surface area contributed by atoms with Gasteiger partial charge in [0.2, 0.25) is 0 Å². The van der Waals surface area contributed by atoms with Gasteiger partial charge in [0.05, 0.1) is 7.11 Å². The van der Waals surface area contributed by atoms with E-state index in [-0.39, 0.29) is 16.7 Å². The fourth-order valence-electron chi connectivity index (χ4n) is 0.834. The van der Waals surface area contributed by atoms with E-state index in [1.54, 1.807) is 18.2 Å². The minimum Gasteiger partial charge on any atom is -0.504 e. The second kappa shape index (κ2) is 4.61. The molecule has 3 heteroatoms. The summed E-state index contributed by atoms with van der Waals surface area (Å²) in [7, 11) is 1.52. The first kappa shape index (κ1) is 10.8. The second-order valence-electron chi connectivity index (χ2n) is 2.14. The van der Waals surface area contributed by atoms with Crippen LogP contribution in [-0.2, 0) is 0 Å². The van der Waals surface area contributed by atoms with Crippen molar-refractivity contribution in [2.45, 2.75) is 0 Å². The summed E-state index contributed by atoms with van der Waals surface area (Å²) in [5.74, 6) is 0.625. The zero-order chi connectivity index (χ0) is 8.27. The highest BCUT2D eigenvalue weighted by Gasteiger charge is 1.98. The number of hydrogen-bond donors (Lipinski definition) is 1. The normalized spacial score (nSPS) is 8.42. The summed E-state index contributed by atoms with van der Waals surface area (Å²) < 4.78 is 4.86. The van der Waals surface area contributed by atoms with Crippen LogP contribution in [0.2, 0.25) is 0 Å². The molecule has 0 radical (unpaired) electrons. The molecule has 0 bridgehead atoms. The maximum atomic E-state index is 9.25. The highest BCUT2D eigenvalue weighted by atomic mass is 28.1. The third-order valence-electron chi connectivity index (χ3n) is 1.44. The summed E-state index contributed by atoms with van der Waals surface area (Å²) in [6.07, 6.45) is 1.67. The van der Waals surface area contributed by atoms with Crippen LogP contribution in [-0.4, -0.2) is 23.2 Å². The van der Waals surface area contributed by atoms with E-state index >= 15 is 0 Å². The summed E-state index contributed by atoms with van der Waals surface area (Å²) in [6.45, 7) is 3.58. The Morgan fingerprint density at radius 3 is 2.58 bits per heavy atom. The van der Waals surface area contributed by atoms with Crippen LogP contribution in [0.5, 0.6) is 11.5 Å². The minimum absolute atomic E-state index is 0. The van der Waals surface area contributed by atoms with Gasteiger partial charge < -0.3 is 9.84 Å². The van der Waals surface area contributed by atoms with Crippen LogP contribution in [0.1, 0.15) is 5.56 Å². The molecule has 0 heterocycles. The van der Waals surface area contributed by atoms with Gasteiger partial charge in [0.15, 0.2) is 11.5 Å². The molecule has 0 saturated heterocycles. The standard InChI is InChI=1S/C9H10O2.H4Si/c1-3-7-4-5-9(11-2)8(10)6-7;/h3-6,10H,1H2,2H3;1H4. The molecule has 0 unspecified atom stereocenters. The number of phenolic OH excluding ortho intramolecular Hbond substituents is 1. The van der Waals surface area contributed by atoms with Crippen LogP contribution < -0.4 is 4.74 Å². The van der Waals surface area contributed by atoms with Gasteiger partial charge in [-0.1, -0.05) is 18.7 Å². The van der Waals surface area contributed by atoms with Crippen LogP contribution in [0.3, 0.4) is 0 Å². The molecular weight excluding hydrogens is 168 g/mol. The molecule has 0 aliphatic heterocycles. The molecule has 1 aromatic rings. The van der Waals surface area contributed by atoms with Gasteiger partial charge in [-0.15, -0.1) is 0 Å². The van der Waals surface area contributed by atoms with Crippen molar-refractivity contribution in [1.29, 1.82) is 0 Å². The lowest BCUT2D eigenvalue weighted by Crippen LogP contribution is -1.83. The molecule has 0 aliphatic carbocycles. The topological polar surface area (TPSA) is 29.5 Å². The molecule has 0 fully saturated rings. The molecule has 1 N–H and O–H groups in total. The van der Waals surface area contributed by atoms with Gasteiger partial charge in [-0.3, -0.25) is 0 Å². The van der Waals surface area contributed by atoms with Crippen LogP contribution in [0.4, 0.5) is 0 Å². The molecule has 1 aromatic carbocycles. The van der Waals surface area contributed by atoms with Crippen molar-refractivity contribution in [2.75, 3.05) is 7.11 Å². The highest BCUT2D eigenvalue weighted by molar-refractivity contribution is 5.75. The fraction of sp³-hybridized carbons (Fsp3) is 0.111. The number of ether oxygens (including phenoxy) is 1. The average Bonchev–Trinajstić information content (AvgIpc) is 2.04. The van der Waals surface area contributed by atoms with E-state index in [1.807, 2.05) is 6.07 Å². The van der Waals surface area contributed by atoms with E-state index < -0.39 is 0 Å². The minimum atomic E-state index is 0. The van der Waals surface area contributed by atoms with Crippen LogP contribution in [0.25, 0.3) is 6.08 Å². The summed E-state index contributed by atoms with van der Waals surface area (Å²) in [6, 6.07) is 5.13. The molecule has 12 heavy (non-hydrogen) atoms. The van der Waals surface area contributed by atoms with Gasteiger partial charge in [-0.2, -0.15) is 0 Å². The monoisotopic (exact) mass is 182 g/mol. The van der Waals surface area contributed by atoms with E-state index in [9.17, 15) is 5.11 Å². The molecular formula is C9H14O2Si. The zero-order valence-electron chi connectivity index (χ0n) is 6.37. The van der Waals surface area contributed by atoms with E-state index in [0.29, 0.717) is 5.75 Å². The van der Waals surface area contributed by atoms with Gasteiger partial charge in [0, 0.05) is 0 Å². The van der Waals surface area contributed by atoms with Crippen molar-refractivity contribution >= 4 is 17.0 Å². The quantitative estimate of drug-likeness (QED) is 0.678. The lowest BCUT2D eigenvalue weighted by atomic mass is 10.2. The molecule has 0 amide bonds. The zero-order valence-corrected chi connectivity index (χ0v) is 6.37. The average molecular weight is 182 g/mol. The Kier molecular flexibility index (Phi) is 4.14. The van der Waals surface area contributed by atoms with Crippen molar-refractivity contribution in [1.82, 2.24) is 0 Å². The predicted octanol–water partition coefficient (Wildman–Crippen LogP) is 0.592. The first-order valence-electron chi connectivity index (χ1n) is 3.27. The van der Waals surface area contributed by atoms with Crippen molar-refractivity contribution in [3.63, 3.8) is 0 Å². The van der Waals surface area contributed by atoms with Crippen LogP contribution in [0.15, 0.2) is 24.8 Å². The third kappa shape index (κ3) is 2.13. The van der Waals surface area contributed by atoms with Crippen LogP contribution >= 0.6 is 0 Å². The van der Waals surface area contributed by atoms with E-state index in [1.165, 1.54) is 7.11 Å². The molecule has 0 atom stereocenters. The number of methoxy groups -OCH3 is 1. The number of rotatable bonds is 2. The number of phenols is 1. The Bertz CT molecular complexity index is 271. The maximum absolute atomic E-state index is 9.25. The van der Waals surface area contributed by atoms with Gasteiger partial charge in [0.25, 0.3) is 0 Å². The maximum Gasteiger partial charge on any atom is 0.160 e. The summed E-state index contributed by atoms with van der Waals surface area (Å²) in [5, 5.41) is 9.25. The summed E-state index contributed by atoms with van der Waals surface area (Å²) >= 11 is 0. The molecule has 0 aromatic heterocycles. The van der Waals surface area contributed by atoms with E-state index in [2.05, 4.69) is 6.58 Å². The van der Waals surface area contributed by atoms with Crippen LogP contribution in [0, 0.1) is 0 Å². The third-order valence-corrected chi connectivity index (χ3v) is 1.44. The Labute approximate surface area is 76.5 Å². The first-order chi connectivity index (χ1) is 5.27. The molecule has 1 rings (SSSR count). The Morgan fingerprint density at radius 2 is 2.17 bits per heavy atom. The van der Waals surface area contributed by atoms with Crippen molar-refractivity contribution in [3.05, 3.63) is 30.3 Å². The number of benzene rings is 1. The lowest BCUT2D eigenvalue weighted by molar-refractivity contribution is 0.373. The van der Waals surface area contributed by atoms with Gasteiger partial charge in [-0.05, 0) is 28.7 Å². The highest BCUT2D eigenvalue weighted by Crippen LogP contribution is 2.26. The Hall–Kier alpha value is -1.22. The molecule has 0 aliphatic rings. The molecule has 2 nitrogen and oxygen atoms in total.